The normalized spacial score (nSPS) is 11.1. The molecule has 2 heterocycles. The van der Waals surface area contributed by atoms with Gasteiger partial charge in [0.25, 0.3) is 15.9 Å². The summed E-state index contributed by atoms with van der Waals surface area (Å²) in [4.78, 5) is 20.3. The number of amides is 1. The van der Waals surface area contributed by atoms with Crippen LogP contribution in [0.2, 0.25) is 0 Å². The molecule has 10 heteroatoms. The summed E-state index contributed by atoms with van der Waals surface area (Å²) >= 11 is 0. The molecule has 0 saturated carbocycles. The standard InChI is InChI=1S/C18H17N5O4S/c1-12-10-17(20-13(2)19-12)22-28(26,27)16-7-5-15(6-8-16)21-18(24)14-4-3-9-23(25)11-14/h3-11H,1-2H3,(H,21,24)(H,19,20,22). The van der Waals surface area contributed by atoms with Gasteiger partial charge in [-0.2, -0.15) is 4.73 Å². The number of anilines is 2. The van der Waals surface area contributed by atoms with Gasteiger partial charge in [0.2, 0.25) is 0 Å². The Bertz CT molecular complexity index is 1110. The molecule has 0 aliphatic heterocycles. The van der Waals surface area contributed by atoms with E-state index in [0.29, 0.717) is 21.9 Å². The van der Waals surface area contributed by atoms with Crippen LogP contribution in [0.15, 0.2) is 59.8 Å². The first-order valence-electron chi connectivity index (χ1n) is 8.18. The molecule has 28 heavy (non-hydrogen) atoms. The molecule has 0 aliphatic carbocycles. The molecule has 1 aromatic carbocycles. The van der Waals surface area contributed by atoms with Crippen molar-refractivity contribution in [1.82, 2.24) is 9.97 Å². The molecule has 0 aliphatic rings. The lowest BCUT2D eigenvalue weighted by atomic mass is 10.2. The second-order valence-corrected chi connectivity index (χ2v) is 7.66. The summed E-state index contributed by atoms with van der Waals surface area (Å²) in [6, 6.07) is 10.1. The molecule has 2 N–H and O–H groups in total. The fraction of sp³-hybridized carbons (Fsp3) is 0.111. The monoisotopic (exact) mass is 399 g/mol. The zero-order valence-electron chi connectivity index (χ0n) is 15.1. The van der Waals surface area contributed by atoms with E-state index >= 15 is 0 Å². The highest BCUT2D eigenvalue weighted by Crippen LogP contribution is 2.18. The van der Waals surface area contributed by atoms with E-state index in [1.807, 2.05) is 0 Å². The van der Waals surface area contributed by atoms with Crippen molar-refractivity contribution in [2.24, 2.45) is 0 Å². The number of hydrogen-bond acceptors (Lipinski definition) is 6. The van der Waals surface area contributed by atoms with Crippen molar-refractivity contribution in [3.8, 4) is 0 Å². The van der Waals surface area contributed by atoms with Gasteiger partial charge >= 0.3 is 0 Å². The average molecular weight is 399 g/mol. The summed E-state index contributed by atoms with van der Waals surface area (Å²) in [7, 11) is -3.85. The van der Waals surface area contributed by atoms with Crippen molar-refractivity contribution >= 4 is 27.4 Å². The zero-order valence-corrected chi connectivity index (χ0v) is 15.9. The Morgan fingerprint density at radius 3 is 2.46 bits per heavy atom. The smallest absolute Gasteiger partial charge is 0.263 e. The zero-order chi connectivity index (χ0) is 20.3. The first-order chi connectivity index (χ1) is 13.2. The fourth-order valence-electron chi connectivity index (χ4n) is 2.48. The molecule has 9 nitrogen and oxygen atoms in total. The number of pyridine rings is 1. The van der Waals surface area contributed by atoms with E-state index in [1.54, 1.807) is 13.8 Å². The van der Waals surface area contributed by atoms with Gasteiger partial charge in [-0.05, 0) is 44.2 Å². The summed E-state index contributed by atoms with van der Waals surface area (Å²) in [6.07, 6.45) is 2.41. The third-order valence-electron chi connectivity index (χ3n) is 3.66. The number of nitrogens with one attached hydrogen (secondary N) is 2. The second-order valence-electron chi connectivity index (χ2n) is 5.98. The Hall–Kier alpha value is -3.53. The molecule has 144 valence electrons. The van der Waals surface area contributed by atoms with Crippen LogP contribution >= 0.6 is 0 Å². The van der Waals surface area contributed by atoms with Crippen LogP contribution in [-0.2, 0) is 10.0 Å². The van der Waals surface area contributed by atoms with Crippen LogP contribution < -0.4 is 14.8 Å². The number of aromatic nitrogens is 3. The molecule has 0 fully saturated rings. The molecule has 1 amide bonds. The highest BCUT2D eigenvalue weighted by Gasteiger charge is 2.16. The largest absolute Gasteiger partial charge is 0.619 e. The molecule has 0 radical (unpaired) electrons. The molecule has 0 atom stereocenters. The second kappa shape index (κ2) is 7.61. The lowest BCUT2D eigenvalue weighted by Crippen LogP contribution is -2.27. The molecule has 0 spiro atoms. The minimum Gasteiger partial charge on any atom is -0.619 e. The maximum absolute atomic E-state index is 12.5. The van der Waals surface area contributed by atoms with Gasteiger partial charge in [0.05, 0.1) is 4.90 Å². The lowest BCUT2D eigenvalue weighted by molar-refractivity contribution is -0.605. The van der Waals surface area contributed by atoms with Crippen LogP contribution in [0.4, 0.5) is 11.5 Å². The Morgan fingerprint density at radius 2 is 1.82 bits per heavy atom. The SMILES string of the molecule is Cc1cc(NS(=O)(=O)c2ccc(NC(=O)c3ccc[n+]([O-])c3)cc2)nc(C)n1. The number of carbonyl (C=O) groups excluding carboxylic acids is 1. The average Bonchev–Trinajstić information content (AvgIpc) is 2.61. The van der Waals surface area contributed by atoms with Gasteiger partial charge in [-0.15, -0.1) is 0 Å². The Balaban J connectivity index is 1.75. The van der Waals surface area contributed by atoms with Crippen molar-refractivity contribution in [2.75, 3.05) is 10.0 Å². The molecule has 2 aromatic heterocycles. The molecule has 0 saturated heterocycles. The number of carbonyl (C=O) groups is 1. The van der Waals surface area contributed by atoms with Gasteiger partial charge in [-0.3, -0.25) is 9.52 Å². The van der Waals surface area contributed by atoms with Crippen LogP contribution in [-0.4, -0.2) is 24.3 Å². The van der Waals surface area contributed by atoms with E-state index in [-0.39, 0.29) is 16.3 Å². The molecular formula is C18H17N5O4S. The Morgan fingerprint density at radius 1 is 1.11 bits per heavy atom. The fourth-order valence-corrected chi connectivity index (χ4v) is 3.47. The first kappa shape index (κ1) is 19.2. The summed E-state index contributed by atoms with van der Waals surface area (Å²) in [5.41, 5.74) is 1.22. The number of sulfonamides is 1. The van der Waals surface area contributed by atoms with Crippen molar-refractivity contribution in [2.45, 2.75) is 18.7 Å². The first-order valence-corrected chi connectivity index (χ1v) is 9.67. The van der Waals surface area contributed by atoms with E-state index in [0.717, 1.165) is 6.20 Å². The van der Waals surface area contributed by atoms with Crippen molar-refractivity contribution in [3.63, 3.8) is 0 Å². The number of aryl methyl sites for hydroxylation is 2. The number of hydrogen-bond donors (Lipinski definition) is 2. The molecule has 3 aromatic rings. The maximum Gasteiger partial charge on any atom is 0.263 e. The van der Waals surface area contributed by atoms with E-state index < -0.39 is 15.9 Å². The van der Waals surface area contributed by atoms with Crippen LogP contribution in [0.3, 0.4) is 0 Å². The predicted molar refractivity (Wildman–Crippen MR) is 102 cm³/mol. The van der Waals surface area contributed by atoms with Gasteiger partial charge in [0.1, 0.15) is 17.2 Å². The topological polar surface area (TPSA) is 128 Å². The van der Waals surface area contributed by atoms with Gasteiger partial charge in [0.15, 0.2) is 12.4 Å². The predicted octanol–water partition coefficient (Wildman–Crippen LogP) is 1.78. The molecular weight excluding hydrogens is 382 g/mol. The third kappa shape index (κ3) is 4.60. The van der Waals surface area contributed by atoms with Gasteiger partial charge < -0.3 is 10.5 Å². The molecule has 0 bridgehead atoms. The Kier molecular flexibility index (Phi) is 5.23. The number of benzene rings is 1. The van der Waals surface area contributed by atoms with Crippen molar-refractivity contribution in [1.29, 1.82) is 0 Å². The number of rotatable bonds is 5. The van der Waals surface area contributed by atoms with Crippen molar-refractivity contribution in [3.05, 3.63) is 77.1 Å². The molecule has 3 rings (SSSR count). The van der Waals surface area contributed by atoms with Gasteiger partial charge in [-0.25, -0.2) is 18.4 Å². The van der Waals surface area contributed by atoms with E-state index in [1.165, 1.54) is 48.7 Å². The number of nitrogens with zero attached hydrogens (tertiary/aromatic N) is 3. The van der Waals surface area contributed by atoms with Gasteiger partial charge in [-0.1, -0.05) is 0 Å². The summed E-state index contributed by atoms with van der Waals surface area (Å²) in [5, 5.41) is 13.8. The highest BCUT2D eigenvalue weighted by molar-refractivity contribution is 7.92. The highest BCUT2D eigenvalue weighted by atomic mass is 32.2. The quantitative estimate of drug-likeness (QED) is 0.497. The third-order valence-corrected chi connectivity index (χ3v) is 5.04. The van der Waals surface area contributed by atoms with Gasteiger partial charge in [0, 0.05) is 23.5 Å². The van der Waals surface area contributed by atoms with Crippen LogP contribution in [0.25, 0.3) is 0 Å². The maximum atomic E-state index is 12.5. The van der Waals surface area contributed by atoms with Crippen LogP contribution in [0.1, 0.15) is 21.9 Å². The Labute approximate surface area is 161 Å². The minimum absolute atomic E-state index is 0.0107. The van der Waals surface area contributed by atoms with Crippen molar-refractivity contribution < 1.29 is 17.9 Å². The van der Waals surface area contributed by atoms with E-state index in [9.17, 15) is 18.4 Å². The van der Waals surface area contributed by atoms with E-state index in [2.05, 4.69) is 20.0 Å². The minimum atomic E-state index is -3.85. The summed E-state index contributed by atoms with van der Waals surface area (Å²) < 4.78 is 28.0. The molecule has 0 unspecified atom stereocenters. The summed E-state index contributed by atoms with van der Waals surface area (Å²) in [6.45, 7) is 3.41. The lowest BCUT2D eigenvalue weighted by Gasteiger charge is -2.10. The summed E-state index contributed by atoms with van der Waals surface area (Å²) in [5.74, 6) is 0.152. The van der Waals surface area contributed by atoms with Crippen LogP contribution in [0, 0.1) is 19.1 Å². The van der Waals surface area contributed by atoms with E-state index in [4.69, 9.17) is 0 Å². The van der Waals surface area contributed by atoms with Crippen LogP contribution in [0.5, 0.6) is 0 Å².